The zero-order chi connectivity index (χ0) is 14.5. The maximum atomic E-state index is 5.49. The Morgan fingerprint density at radius 1 is 1.00 bits per heavy atom. The maximum absolute atomic E-state index is 5.49. The Morgan fingerprint density at radius 2 is 1.71 bits per heavy atom. The standard InChI is InChI=1S/C19H23NO/c1-21-19-8-5-13-20(15-19)14-16-9-11-18(12-10-16)17-6-3-2-4-7-17/h2-4,6-7,9-12,19H,5,8,13-15H2,1H3. The average Bonchev–Trinajstić information content (AvgIpc) is 2.56. The smallest absolute Gasteiger partial charge is 0.0698 e. The summed E-state index contributed by atoms with van der Waals surface area (Å²) in [4.78, 5) is 2.50. The van der Waals surface area contributed by atoms with Gasteiger partial charge in [-0.15, -0.1) is 0 Å². The molecular weight excluding hydrogens is 258 g/mol. The summed E-state index contributed by atoms with van der Waals surface area (Å²) >= 11 is 0. The van der Waals surface area contributed by atoms with E-state index in [-0.39, 0.29) is 0 Å². The van der Waals surface area contributed by atoms with Gasteiger partial charge >= 0.3 is 0 Å². The van der Waals surface area contributed by atoms with E-state index in [4.69, 9.17) is 4.74 Å². The molecule has 1 fully saturated rings. The number of hydrogen-bond donors (Lipinski definition) is 0. The third kappa shape index (κ3) is 3.72. The lowest BCUT2D eigenvalue weighted by atomic mass is 10.0. The fraction of sp³-hybridized carbons (Fsp3) is 0.368. The van der Waals surface area contributed by atoms with Crippen LogP contribution in [-0.2, 0) is 11.3 Å². The SMILES string of the molecule is COC1CCCN(Cc2ccc(-c3ccccc3)cc2)C1. The molecule has 0 amide bonds. The lowest BCUT2D eigenvalue weighted by Gasteiger charge is -2.31. The van der Waals surface area contributed by atoms with Crippen LogP contribution in [0.4, 0.5) is 0 Å². The molecule has 0 bridgehead atoms. The quantitative estimate of drug-likeness (QED) is 0.841. The van der Waals surface area contributed by atoms with Crippen molar-refractivity contribution in [1.29, 1.82) is 0 Å². The van der Waals surface area contributed by atoms with Crippen LogP contribution in [0.25, 0.3) is 11.1 Å². The lowest BCUT2D eigenvalue weighted by Crippen LogP contribution is -2.38. The van der Waals surface area contributed by atoms with Crippen molar-refractivity contribution in [2.45, 2.75) is 25.5 Å². The van der Waals surface area contributed by atoms with Crippen LogP contribution in [-0.4, -0.2) is 31.2 Å². The minimum Gasteiger partial charge on any atom is -0.380 e. The molecule has 0 aliphatic carbocycles. The fourth-order valence-corrected chi connectivity index (χ4v) is 3.04. The van der Waals surface area contributed by atoms with Crippen LogP contribution in [0.3, 0.4) is 0 Å². The summed E-state index contributed by atoms with van der Waals surface area (Å²) in [5, 5.41) is 0. The van der Waals surface area contributed by atoms with E-state index in [0.717, 1.165) is 13.1 Å². The average molecular weight is 281 g/mol. The second-order valence-corrected chi connectivity index (χ2v) is 5.80. The molecule has 1 saturated heterocycles. The van der Waals surface area contributed by atoms with Crippen molar-refractivity contribution in [2.75, 3.05) is 20.2 Å². The van der Waals surface area contributed by atoms with Gasteiger partial charge in [-0.2, -0.15) is 0 Å². The first-order valence-corrected chi connectivity index (χ1v) is 7.74. The van der Waals surface area contributed by atoms with Gasteiger partial charge in [-0.25, -0.2) is 0 Å². The van der Waals surface area contributed by atoms with Gasteiger partial charge in [0.05, 0.1) is 6.10 Å². The Kier molecular flexibility index (Phi) is 4.69. The van der Waals surface area contributed by atoms with E-state index in [1.807, 2.05) is 7.11 Å². The highest BCUT2D eigenvalue weighted by Gasteiger charge is 2.19. The summed E-state index contributed by atoms with van der Waals surface area (Å²) < 4.78 is 5.49. The molecule has 0 N–H and O–H groups in total. The number of nitrogens with zero attached hydrogens (tertiary/aromatic N) is 1. The highest BCUT2D eigenvalue weighted by molar-refractivity contribution is 5.63. The molecule has 21 heavy (non-hydrogen) atoms. The Balaban J connectivity index is 1.65. The first-order valence-electron chi connectivity index (χ1n) is 7.74. The van der Waals surface area contributed by atoms with Crippen molar-refractivity contribution >= 4 is 0 Å². The summed E-state index contributed by atoms with van der Waals surface area (Å²) in [6.07, 6.45) is 2.84. The number of likely N-dealkylation sites (tertiary alicyclic amines) is 1. The first kappa shape index (κ1) is 14.3. The van der Waals surface area contributed by atoms with Crippen LogP contribution in [0.2, 0.25) is 0 Å². The molecule has 0 saturated carbocycles. The summed E-state index contributed by atoms with van der Waals surface area (Å²) in [7, 11) is 1.82. The van der Waals surface area contributed by atoms with Gasteiger partial charge in [0, 0.05) is 20.2 Å². The van der Waals surface area contributed by atoms with Crippen LogP contribution >= 0.6 is 0 Å². The number of ether oxygens (including phenoxy) is 1. The third-order valence-electron chi connectivity index (χ3n) is 4.26. The maximum Gasteiger partial charge on any atom is 0.0698 e. The summed E-state index contributed by atoms with van der Waals surface area (Å²) in [6.45, 7) is 3.26. The van der Waals surface area contributed by atoms with Crippen LogP contribution < -0.4 is 0 Å². The Bertz CT molecular complexity index is 550. The lowest BCUT2D eigenvalue weighted by molar-refractivity contribution is 0.0285. The molecular formula is C19H23NO. The highest BCUT2D eigenvalue weighted by atomic mass is 16.5. The molecule has 1 heterocycles. The van der Waals surface area contributed by atoms with E-state index in [1.54, 1.807) is 0 Å². The number of methoxy groups -OCH3 is 1. The predicted molar refractivity (Wildman–Crippen MR) is 87.2 cm³/mol. The predicted octanol–water partition coefficient (Wildman–Crippen LogP) is 3.96. The van der Waals surface area contributed by atoms with Crippen molar-refractivity contribution in [1.82, 2.24) is 4.90 Å². The van der Waals surface area contributed by atoms with Gasteiger partial charge in [-0.3, -0.25) is 4.90 Å². The zero-order valence-corrected chi connectivity index (χ0v) is 12.7. The van der Waals surface area contributed by atoms with E-state index in [0.29, 0.717) is 6.10 Å². The molecule has 1 unspecified atom stereocenters. The van der Waals surface area contributed by atoms with Crippen LogP contribution in [0.5, 0.6) is 0 Å². The summed E-state index contributed by atoms with van der Waals surface area (Å²) in [5.41, 5.74) is 3.95. The molecule has 110 valence electrons. The molecule has 0 aromatic heterocycles. The van der Waals surface area contributed by atoms with Crippen molar-refractivity contribution < 1.29 is 4.74 Å². The van der Waals surface area contributed by atoms with Crippen LogP contribution in [0, 0.1) is 0 Å². The molecule has 1 atom stereocenters. The third-order valence-corrected chi connectivity index (χ3v) is 4.26. The number of rotatable bonds is 4. The van der Waals surface area contributed by atoms with Gasteiger partial charge in [0.25, 0.3) is 0 Å². The van der Waals surface area contributed by atoms with Crippen molar-refractivity contribution in [3.05, 3.63) is 60.2 Å². The molecule has 2 heteroatoms. The van der Waals surface area contributed by atoms with E-state index >= 15 is 0 Å². The molecule has 2 nitrogen and oxygen atoms in total. The van der Waals surface area contributed by atoms with Crippen LogP contribution in [0.15, 0.2) is 54.6 Å². The van der Waals surface area contributed by atoms with Gasteiger partial charge < -0.3 is 4.74 Å². The minimum absolute atomic E-state index is 0.405. The molecule has 1 aliphatic rings. The zero-order valence-electron chi connectivity index (χ0n) is 12.7. The topological polar surface area (TPSA) is 12.5 Å². The number of hydrogen-bond acceptors (Lipinski definition) is 2. The molecule has 1 aliphatic heterocycles. The highest BCUT2D eigenvalue weighted by Crippen LogP contribution is 2.21. The monoisotopic (exact) mass is 281 g/mol. The summed E-state index contributed by atoms with van der Waals surface area (Å²) in [5.74, 6) is 0. The van der Waals surface area contributed by atoms with Gasteiger partial charge in [-0.1, -0.05) is 54.6 Å². The first-order chi connectivity index (χ1) is 10.3. The summed E-state index contributed by atoms with van der Waals surface area (Å²) in [6, 6.07) is 19.5. The van der Waals surface area contributed by atoms with E-state index in [9.17, 15) is 0 Å². The molecule has 3 rings (SSSR count). The van der Waals surface area contributed by atoms with Crippen molar-refractivity contribution in [3.63, 3.8) is 0 Å². The van der Waals surface area contributed by atoms with E-state index in [2.05, 4.69) is 59.5 Å². The fourth-order valence-electron chi connectivity index (χ4n) is 3.04. The Hall–Kier alpha value is -1.64. The Morgan fingerprint density at radius 3 is 2.43 bits per heavy atom. The van der Waals surface area contributed by atoms with Gasteiger partial charge in [0.1, 0.15) is 0 Å². The minimum atomic E-state index is 0.405. The second kappa shape index (κ2) is 6.88. The van der Waals surface area contributed by atoms with E-state index in [1.165, 1.54) is 36.1 Å². The van der Waals surface area contributed by atoms with Gasteiger partial charge in [-0.05, 0) is 36.1 Å². The number of benzene rings is 2. The van der Waals surface area contributed by atoms with Crippen molar-refractivity contribution in [2.24, 2.45) is 0 Å². The molecule has 2 aromatic carbocycles. The normalized spacial score (nSPS) is 19.6. The van der Waals surface area contributed by atoms with Crippen molar-refractivity contribution in [3.8, 4) is 11.1 Å². The molecule has 2 aromatic rings. The largest absolute Gasteiger partial charge is 0.380 e. The van der Waals surface area contributed by atoms with Gasteiger partial charge in [0.2, 0.25) is 0 Å². The van der Waals surface area contributed by atoms with Gasteiger partial charge in [0.15, 0.2) is 0 Å². The van der Waals surface area contributed by atoms with E-state index < -0.39 is 0 Å². The van der Waals surface area contributed by atoms with Crippen LogP contribution in [0.1, 0.15) is 18.4 Å². The second-order valence-electron chi connectivity index (χ2n) is 5.80. The molecule has 0 radical (unpaired) electrons. The Labute approximate surface area is 127 Å². The molecule has 0 spiro atoms. The number of piperidine rings is 1.